The van der Waals surface area contributed by atoms with Crippen LogP contribution in [0.2, 0.25) is 0 Å². The van der Waals surface area contributed by atoms with Crippen LogP contribution in [0.3, 0.4) is 0 Å². The summed E-state index contributed by atoms with van der Waals surface area (Å²) >= 11 is 0. The van der Waals surface area contributed by atoms with Gasteiger partial charge in [0.2, 0.25) is 0 Å². The molecular formula is C23H19N3O2. The van der Waals surface area contributed by atoms with Crippen LogP contribution in [0.4, 0.5) is 5.82 Å². The minimum absolute atomic E-state index is 0.223. The fourth-order valence-corrected chi connectivity index (χ4v) is 3.04. The summed E-state index contributed by atoms with van der Waals surface area (Å²) in [7, 11) is 0. The lowest BCUT2D eigenvalue weighted by Gasteiger charge is -2.11. The van der Waals surface area contributed by atoms with Gasteiger partial charge in [-0.25, -0.2) is 9.97 Å². The molecule has 5 heteroatoms. The van der Waals surface area contributed by atoms with Crippen molar-refractivity contribution in [1.29, 1.82) is 0 Å². The van der Waals surface area contributed by atoms with E-state index in [4.69, 9.17) is 9.72 Å². The van der Waals surface area contributed by atoms with Gasteiger partial charge < -0.3 is 10.1 Å². The van der Waals surface area contributed by atoms with Crippen molar-refractivity contribution in [3.63, 3.8) is 0 Å². The number of carbonyl (C=O) groups excluding carboxylic acids is 1. The standard InChI is InChI=1S/C23H19N3O2/c1-2-28-17-9-7-8-16(14-17)21-15-19(18-10-3-4-11-20(18)25-21)23(27)26-22-12-5-6-13-24-22/h3-15H,2H2,1H3,(H,24,26,27). The molecule has 0 aliphatic carbocycles. The summed E-state index contributed by atoms with van der Waals surface area (Å²) in [6, 6.07) is 22.5. The molecule has 2 aromatic carbocycles. The molecule has 0 aliphatic heterocycles. The van der Waals surface area contributed by atoms with Crippen LogP contribution >= 0.6 is 0 Å². The zero-order valence-electron chi connectivity index (χ0n) is 15.4. The van der Waals surface area contributed by atoms with Gasteiger partial charge >= 0.3 is 0 Å². The summed E-state index contributed by atoms with van der Waals surface area (Å²) < 4.78 is 5.60. The van der Waals surface area contributed by atoms with Crippen molar-refractivity contribution in [2.75, 3.05) is 11.9 Å². The number of hydrogen-bond donors (Lipinski definition) is 1. The number of ether oxygens (including phenoxy) is 1. The Balaban J connectivity index is 1.79. The van der Waals surface area contributed by atoms with Gasteiger partial charge in [-0.2, -0.15) is 0 Å². The molecule has 0 atom stereocenters. The van der Waals surface area contributed by atoms with Crippen LogP contribution in [0.25, 0.3) is 22.2 Å². The largest absolute Gasteiger partial charge is 0.494 e. The third kappa shape index (κ3) is 3.69. The topological polar surface area (TPSA) is 64.1 Å². The Bertz CT molecular complexity index is 1130. The number of aromatic nitrogens is 2. The van der Waals surface area contributed by atoms with Gasteiger partial charge in [0.25, 0.3) is 5.91 Å². The van der Waals surface area contributed by atoms with Gasteiger partial charge in [0.05, 0.1) is 23.4 Å². The summed E-state index contributed by atoms with van der Waals surface area (Å²) in [6.07, 6.45) is 1.64. The Morgan fingerprint density at radius 1 is 1.00 bits per heavy atom. The Morgan fingerprint density at radius 3 is 2.68 bits per heavy atom. The second-order valence-corrected chi connectivity index (χ2v) is 6.20. The van der Waals surface area contributed by atoms with Crippen LogP contribution in [0.5, 0.6) is 5.75 Å². The molecule has 2 aromatic heterocycles. The predicted octanol–water partition coefficient (Wildman–Crippen LogP) is 4.95. The van der Waals surface area contributed by atoms with Gasteiger partial charge in [-0.15, -0.1) is 0 Å². The molecule has 0 unspecified atom stereocenters. The van der Waals surface area contributed by atoms with Crippen LogP contribution < -0.4 is 10.1 Å². The van der Waals surface area contributed by atoms with Crippen molar-refractivity contribution in [2.24, 2.45) is 0 Å². The van der Waals surface area contributed by atoms with E-state index in [1.54, 1.807) is 18.3 Å². The van der Waals surface area contributed by atoms with Gasteiger partial charge in [-0.3, -0.25) is 4.79 Å². The molecule has 0 aliphatic rings. The number of hydrogen-bond acceptors (Lipinski definition) is 4. The quantitative estimate of drug-likeness (QED) is 0.541. The lowest BCUT2D eigenvalue weighted by atomic mass is 10.0. The second-order valence-electron chi connectivity index (χ2n) is 6.20. The van der Waals surface area contributed by atoms with Crippen molar-refractivity contribution in [2.45, 2.75) is 6.92 Å². The molecule has 0 fully saturated rings. The van der Waals surface area contributed by atoms with E-state index in [1.165, 1.54) is 0 Å². The SMILES string of the molecule is CCOc1cccc(-c2cc(C(=O)Nc3ccccn3)c3ccccc3n2)c1. The van der Waals surface area contributed by atoms with E-state index in [0.29, 0.717) is 23.7 Å². The molecule has 5 nitrogen and oxygen atoms in total. The predicted molar refractivity (Wildman–Crippen MR) is 111 cm³/mol. The fraction of sp³-hybridized carbons (Fsp3) is 0.0870. The molecule has 0 radical (unpaired) electrons. The zero-order valence-corrected chi connectivity index (χ0v) is 15.4. The third-order valence-corrected chi connectivity index (χ3v) is 4.31. The van der Waals surface area contributed by atoms with Crippen molar-refractivity contribution < 1.29 is 9.53 Å². The Kier molecular flexibility index (Phi) is 4.97. The fourth-order valence-electron chi connectivity index (χ4n) is 3.04. The minimum atomic E-state index is -0.223. The summed E-state index contributed by atoms with van der Waals surface area (Å²) in [5, 5.41) is 3.65. The molecule has 4 rings (SSSR count). The number of anilines is 1. The van der Waals surface area contributed by atoms with Gasteiger partial charge in [-0.05, 0) is 43.3 Å². The summed E-state index contributed by atoms with van der Waals surface area (Å²) in [6.45, 7) is 2.54. The molecule has 0 saturated heterocycles. The number of benzene rings is 2. The highest BCUT2D eigenvalue weighted by molar-refractivity contribution is 6.12. The first kappa shape index (κ1) is 17.7. The number of para-hydroxylation sites is 1. The van der Waals surface area contributed by atoms with Crippen LogP contribution in [0.1, 0.15) is 17.3 Å². The van der Waals surface area contributed by atoms with Crippen molar-refractivity contribution in [1.82, 2.24) is 9.97 Å². The van der Waals surface area contributed by atoms with Gasteiger partial charge in [-0.1, -0.05) is 36.4 Å². The molecule has 1 N–H and O–H groups in total. The molecule has 0 spiro atoms. The first-order chi connectivity index (χ1) is 13.7. The number of carbonyl (C=O) groups is 1. The number of amides is 1. The third-order valence-electron chi connectivity index (χ3n) is 4.31. The maximum absolute atomic E-state index is 13.0. The van der Waals surface area contributed by atoms with Gasteiger partial charge in [0, 0.05) is 17.1 Å². The van der Waals surface area contributed by atoms with E-state index >= 15 is 0 Å². The van der Waals surface area contributed by atoms with E-state index in [9.17, 15) is 4.79 Å². The molecule has 28 heavy (non-hydrogen) atoms. The summed E-state index contributed by atoms with van der Waals surface area (Å²) in [5.41, 5.74) is 2.91. The number of rotatable bonds is 5. The molecular weight excluding hydrogens is 350 g/mol. The minimum Gasteiger partial charge on any atom is -0.494 e. The van der Waals surface area contributed by atoms with Gasteiger partial charge in [0.15, 0.2) is 0 Å². The maximum atomic E-state index is 13.0. The van der Waals surface area contributed by atoms with Crippen LogP contribution in [0.15, 0.2) is 79.0 Å². The molecule has 1 amide bonds. The highest BCUT2D eigenvalue weighted by Crippen LogP contribution is 2.27. The number of nitrogens with one attached hydrogen (secondary N) is 1. The van der Waals surface area contributed by atoms with E-state index in [0.717, 1.165) is 22.2 Å². The van der Waals surface area contributed by atoms with Crippen molar-refractivity contribution in [3.05, 3.63) is 84.6 Å². The number of fused-ring (bicyclic) bond motifs is 1. The average Bonchev–Trinajstić information content (AvgIpc) is 2.74. The summed E-state index contributed by atoms with van der Waals surface area (Å²) in [5.74, 6) is 1.06. The average molecular weight is 369 g/mol. The first-order valence-corrected chi connectivity index (χ1v) is 9.10. The Hall–Kier alpha value is -3.73. The smallest absolute Gasteiger partial charge is 0.257 e. The van der Waals surface area contributed by atoms with Crippen molar-refractivity contribution in [3.8, 4) is 17.0 Å². The Morgan fingerprint density at radius 2 is 1.86 bits per heavy atom. The highest BCUT2D eigenvalue weighted by atomic mass is 16.5. The number of pyridine rings is 2. The molecule has 4 aromatic rings. The lowest BCUT2D eigenvalue weighted by Crippen LogP contribution is -2.14. The van der Waals surface area contributed by atoms with Crippen LogP contribution in [0, 0.1) is 0 Å². The van der Waals surface area contributed by atoms with Gasteiger partial charge in [0.1, 0.15) is 11.6 Å². The van der Waals surface area contributed by atoms with Crippen LogP contribution in [-0.4, -0.2) is 22.5 Å². The second kappa shape index (κ2) is 7.88. The molecule has 2 heterocycles. The zero-order chi connectivity index (χ0) is 19.3. The maximum Gasteiger partial charge on any atom is 0.257 e. The normalized spacial score (nSPS) is 10.6. The first-order valence-electron chi connectivity index (χ1n) is 9.10. The van der Waals surface area contributed by atoms with E-state index in [1.807, 2.05) is 67.6 Å². The molecule has 138 valence electrons. The van der Waals surface area contributed by atoms with E-state index in [-0.39, 0.29) is 5.91 Å². The Labute approximate surface area is 163 Å². The van der Waals surface area contributed by atoms with Crippen LogP contribution in [-0.2, 0) is 0 Å². The monoisotopic (exact) mass is 369 g/mol. The highest BCUT2D eigenvalue weighted by Gasteiger charge is 2.15. The molecule has 0 bridgehead atoms. The van der Waals surface area contributed by atoms with Crippen molar-refractivity contribution >= 4 is 22.6 Å². The van der Waals surface area contributed by atoms with E-state index < -0.39 is 0 Å². The van der Waals surface area contributed by atoms with E-state index in [2.05, 4.69) is 10.3 Å². The lowest BCUT2D eigenvalue weighted by molar-refractivity contribution is 0.102. The molecule has 0 saturated carbocycles. The number of nitrogens with zero attached hydrogens (tertiary/aromatic N) is 2. The summed E-state index contributed by atoms with van der Waals surface area (Å²) in [4.78, 5) is 21.9.